The van der Waals surface area contributed by atoms with E-state index in [9.17, 15) is 4.79 Å². The predicted octanol–water partition coefficient (Wildman–Crippen LogP) is 5.05. The molecule has 3 aromatic rings. The summed E-state index contributed by atoms with van der Waals surface area (Å²) in [6.45, 7) is 3.96. The van der Waals surface area contributed by atoms with Crippen LogP contribution in [0.3, 0.4) is 0 Å². The van der Waals surface area contributed by atoms with Crippen LogP contribution >= 0.6 is 23.5 Å². The maximum atomic E-state index is 13.6. The number of methoxy groups -OCH3 is 1. The van der Waals surface area contributed by atoms with Crippen molar-refractivity contribution in [2.75, 3.05) is 29.8 Å². The second-order valence-corrected chi connectivity index (χ2v) is 9.20. The zero-order chi connectivity index (χ0) is 22.7. The summed E-state index contributed by atoms with van der Waals surface area (Å²) in [5, 5.41) is 11.7. The number of ether oxygens (including phenoxy) is 1. The van der Waals surface area contributed by atoms with Crippen molar-refractivity contribution in [3.05, 3.63) is 65.4 Å². The van der Waals surface area contributed by atoms with Crippen molar-refractivity contribution < 1.29 is 9.53 Å². The number of rotatable bonds is 7. The number of fused-ring (bicyclic) bond motifs is 1. The number of hydrogen-bond acceptors (Lipinski definition) is 7. The molecule has 0 aliphatic carbocycles. The molecule has 166 valence electrons. The number of thioether (sulfide) groups is 2. The summed E-state index contributed by atoms with van der Waals surface area (Å²) in [6, 6.07) is 15.2. The standard InChI is InChI=1S/C23H25N5O2S2/c1-5-32-23-26-22-24-14(2)19(21(29)25-17-8-6-7-9-18(17)30-3)20(28(22)27-23)15-10-12-16(31-4)13-11-15/h6-13,20H,5H2,1-4H3,(H,25,29)(H,24,26,27). The molecule has 1 aliphatic rings. The maximum absolute atomic E-state index is 13.6. The lowest BCUT2D eigenvalue weighted by Gasteiger charge is -2.29. The van der Waals surface area contributed by atoms with Gasteiger partial charge in [-0.3, -0.25) is 4.79 Å². The molecule has 0 saturated heterocycles. The fraction of sp³-hybridized carbons (Fsp3) is 0.261. The topological polar surface area (TPSA) is 81.1 Å². The lowest BCUT2D eigenvalue weighted by Crippen LogP contribution is -2.31. The molecule has 2 aromatic carbocycles. The van der Waals surface area contributed by atoms with Crippen molar-refractivity contribution in [1.29, 1.82) is 0 Å². The molecule has 4 rings (SSSR count). The minimum Gasteiger partial charge on any atom is -0.495 e. The number of nitrogens with zero attached hydrogens (tertiary/aromatic N) is 3. The van der Waals surface area contributed by atoms with Gasteiger partial charge in [-0.2, -0.15) is 4.98 Å². The van der Waals surface area contributed by atoms with Gasteiger partial charge in [-0.25, -0.2) is 4.68 Å². The Labute approximate surface area is 196 Å². The van der Waals surface area contributed by atoms with Crippen LogP contribution < -0.4 is 15.4 Å². The van der Waals surface area contributed by atoms with E-state index in [1.165, 1.54) is 0 Å². The molecular formula is C23H25N5O2S2. The van der Waals surface area contributed by atoms with Crippen LogP contribution in [0.25, 0.3) is 0 Å². The number of carbonyl (C=O) groups excluding carboxylic acids is 1. The van der Waals surface area contributed by atoms with E-state index in [2.05, 4.69) is 34.7 Å². The number of amides is 1. The molecule has 0 radical (unpaired) electrons. The Balaban J connectivity index is 1.77. The first-order chi connectivity index (χ1) is 15.5. The van der Waals surface area contributed by atoms with Gasteiger partial charge in [0, 0.05) is 10.6 Å². The molecule has 1 amide bonds. The summed E-state index contributed by atoms with van der Waals surface area (Å²) < 4.78 is 7.21. The van der Waals surface area contributed by atoms with E-state index in [1.54, 1.807) is 35.3 Å². The summed E-state index contributed by atoms with van der Waals surface area (Å²) in [7, 11) is 1.59. The van der Waals surface area contributed by atoms with E-state index in [0.717, 1.165) is 21.9 Å². The van der Waals surface area contributed by atoms with E-state index in [1.807, 2.05) is 49.6 Å². The summed E-state index contributed by atoms with van der Waals surface area (Å²) in [5.74, 6) is 1.88. The van der Waals surface area contributed by atoms with E-state index >= 15 is 0 Å². The molecule has 0 fully saturated rings. The molecule has 9 heteroatoms. The number of para-hydroxylation sites is 2. The third kappa shape index (κ3) is 4.35. The van der Waals surface area contributed by atoms with Gasteiger partial charge in [-0.05, 0) is 48.8 Å². The Morgan fingerprint density at radius 2 is 1.97 bits per heavy atom. The quantitative estimate of drug-likeness (QED) is 0.471. The van der Waals surface area contributed by atoms with Crippen LogP contribution in [0.15, 0.2) is 69.9 Å². The van der Waals surface area contributed by atoms with Crippen LogP contribution in [0.5, 0.6) is 5.75 Å². The van der Waals surface area contributed by atoms with Crippen LogP contribution in [0.4, 0.5) is 11.6 Å². The highest BCUT2D eigenvalue weighted by Gasteiger charge is 2.34. The average molecular weight is 468 g/mol. The number of anilines is 2. The summed E-state index contributed by atoms with van der Waals surface area (Å²) in [6.07, 6.45) is 2.04. The van der Waals surface area contributed by atoms with E-state index in [-0.39, 0.29) is 5.91 Å². The zero-order valence-corrected chi connectivity index (χ0v) is 20.0. The Hall–Kier alpha value is -2.91. The fourth-order valence-corrected chi connectivity index (χ4v) is 4.61. The maximum Gasteiger partial charge on any atom is 0.255 e. The SMILES string of the molecule is CCSc1nc2n(n1)C(c1ccc(SC)cc1)C(C(=O)Nc1ccccc1OC)=C(C)N2. The van der Waals surface area contributed by atoms with Crippen LogP contribution in [0.2, 0.25) is 0 Å². The van der Waals surface area contributed by atoms with Crippen molar-refractivity contribution in [3.63, 3.8) is 0 Å². The lowest BCUT2D eigenvalue weighted by molar-refractivity contribution is -0.113. The van der Waals surface area contributed by atoms with Crippen LogP contribution in [0.1, 0.15) is 25.5 Å². The zero-order valence-electron chi connectivity index (χ0n) is 18.4. The van der Waals surface area contributed by atoms with Gasteiger partial charge in [0.1, 0.15) is 11.8 Å². The Morgan fingerprint density at radius 3 is 2.66 bits per heavy atom. The molecule has 0 saturated carbocycles. The van der Waals surface area contributed by atoms with Gasteiger partial charge in [0.15, 0.2) is 0 Å². The molecule has 1 unspecified atom stereocenters. The van der Waals surface area contributed by atoms with Crippen molar-refractivity contribution in [3.8, 4) is 5.75 Å². The molecule has 1 aliphatic heterocycles. The first-order valence-corrected chi connectivity index (χ1v) is 12.4. The molecule has 1 aromatic heterocycles. The number of allylic oxidation sites excluding steroid dienone is 1. The third-order valence-corrected chi connectivity index (χ3v) is 6.60. The second kappa shape index (κ2) is 9.70. The molecule has 7 nitrogen and oxygen atoms in total. The van der Waals surface area contributed by atoms with Gasteiger partial charge >= 0.3 is 0 Å². The molecule has 32 heavy (non-hydrogen) atoms. The van der Waals surface area contributed by atoms with Crippen LogP contribution in [-0.4, -0.2) is 39.8 Å². The first kappa shape index (κ1) is 22.3. The van der Waals surface area contributed by atoms with E-state index in [0.29, 0.717) is 28.1 Å². The summed E-state index contributed by atoms with van der Waals surface area (Å²) in [5.41, 5.74) is 2.90. The highest BCUT2D eigenvalue weighted by molar-refractivity contribution is 7.99. The van der Waals surface area contributed by atoms with Gasteiger partial charge < -0.3 is 15.4 Å². The van der Waals surface area contributed by atoms with Crippen molar-refractivity contribution in [1.82, 2.24) is 14.8 Å². The summed E-state index contributed by atoms with van der Waals surface area (Å²) >= 11 is 3.25. The fourth-order valence-electron chi connectivity index (χ4n) is 3.65. The van der Waals surface area contributed by atoms with Gasteiger partial charge in [-0.1, -0.05) is 43.0 Å². The highest BCUT2D eigenvalue weighted by atomic mass is 32.2. The third-order valence-electron chi connectivity index (χ3n) is 5.14. The number of nitrogens with one attached hydrogen (secondary N) is 2. The minimum absolute atomic E-state index is 0.218. The molecular weight excluding hydrogens is 442 g/mol. The molecule has 0 bridgehead atoms. The molecule has 0 spiro atoms. The molecule has 2 heterocycles. The Bertz CT molecular complexity index is 1160. The van der Waals surface area contributed by atoms with Crippen molar-refractivity contribution in [2.24, 2.45) is 0 Å². The number of benzene rings is 2. The van der Waals surface area contributed by atoms with Crippen molar-refractivity contribution in [2.45, 2.75) is 29.9 Å². The van der Waals surface area contributed by atoms with Crippen LogP contribution in [-0.2, 0) is 4.79 Å². The first-order valence-electron chi connectivity index (χ1n) is 10.2. The van der Waals surface area contributed by atoms with E-state index in [4.69, 9.17) is 9.84 Å². The smallest absolute Gasteiger partial charge is 0.255 e. The predicted molar refractivity (Wildman–Crippen MR) is 131 cm³/mol. The normalized spacial score (nSPS) is 15.2. The molecule has 1 atom stereocenters. The lowest BCUT2D eigenvalue weighted by atomic mass is 9.95. The second-order valence-electron chi connectivity index (χ2n) is 7.09. The Morgan fingerprint density at radius 1 is 1.22 bits per heavy atom. The minimum atomic E-state index is -0.407. The number of aromatic nitrogens is 3. The van der Waals surface area contributed by atoms with Gasteiger partial charge in [-0.15, -0.1) is 16.9 Å². The highest BCUT2D eigenvalue weighted by Crippen LogP contribution is 2.37. The summed E-state index contributed by atoms with van der Waals surface area (Å²) in [4.78, 5) is 19.3. The van der Waals surface area contributed by atoms with Gasteiger partial charge in [0.2, 0.25) is 11.1 Å². The van der Waals surface area contributed by atoms with Crippen LogP contribution in [0, 0.1) is 0 Å². The monoisotopic (exact) mass is 467 g/mol. The van der Waals surface area contributed by atoms with Gasteiger partial charge in [0.05, 0.1) is 18.4 Å². The Kier molecular flexibility index (Phi) is 6.76. The van der Waals surface area contributed by atoms with Gasteiger partial charge in [0.25, 0.3) is 5.91 Å². The molecule has 2 N–H and O–H groups in total. The largest absolute Gasteiger partial charge is 0.495 e. The number of hydrogen-bond donors (Lipinski definition) is 2. The van der Waals surface area contributed by atoms with Crippen molar-refractivity contribution >= 4 is 41.1 Å². The average Bonchev–Trinajstić information content (AvgIpc) is 3.20. The van der Waals surface area contributed by atoms with E-state index < -0.39 is 6.04 Å². The number of carbonyl (C=O) groups is 1.